The van der Waals surface area contributed by atoms with E-state index in [-0.39, 0.29) is 11.5 Å². The predicted octanol–water partition coefficient (Wildman–Crippen LogP) is 1.14. The molecule has 2 unspecified atom stereocenters. The topological polar surface area (TPSA) is 52.0 Å². The second kappa shape index (κ2) is 2.38. The van der Waals surface area contributed by atoms with Crippen LogP contribution in [-0.2, 0) is 0 Å². The average Bonchev–Trinajstić information content (AvgIpc) is 1.95. The van der Waals surface area contributed by atoms with Gasteiger partial charge in [0.1, 0.15) is 0 Å². The van der Waals surface area contributed by atoms with E-state index in [1.807, 2.05) is 26.0 Å². The lowest BCUT2D eigenvalue weighted by Gasteiger charge is -2.32. The Balaban J connectivity index is 3.01. The molecule has 4 N–H and O–H groups in total. The fraction of sp³-hybridized carbons (Fsp3) is 0.556. The Morgan fingerprint density at radius 2 is 2.09 bits per heavy atom. The van der Waals surface area contributed by atoms with Gasteiger partial charge < -0.3 is 11.5 Å². The molecule has 2 nitrogen and oxygen atoms in total. The van der Waals surface area contributed by atoms with E-state index in [1.54, 1.807) is 0 Å². The molecule has 0 aliphatic heterocycles. The fourth-order valence-electron chi connectivity index (χ4n) is 1.22. The third-order valence-corrected chi connectivity index (χ3v) is 2.55. The van der Waals surface area contributed by atoms with Gasteiger partial charge in [-0.2, -0.15) is 0 Å². The summed E-state index contributed by atoms with van der Waals surface area (Å²) < 4.78 is 0. The van der Waals surface area contributed by atoms with Gasteiger partial charge in [-0.15, -0.1) is 0 Å². The molecule has 62 valence electrons. The van der Waals surface area contributed by atoms with Crippen molar-refractivity contribution in [3.63, 3.8) is 0 Å². The van der Waals surface area contributed by atoms with Crippen molar-refractivity contribution in [2.75, 3.05) is 0 Å². The van der Waals surface area contributed by atoms with Crippen LogP contribution in [0.4, 0.5) is 0 Å². The second-order valence-electron chi connectivity index (χ2n) is 3.56. The van der Waals surface area contributed by atoms with E-state index < -0.39 is 0 Å². The number of allylic oxidation sites excluding steroid dienone is 2. The third kappa shape index (κ3) is 1.31. The molecule has 0 spiro atoms. The van der Waals surface area contributed by atoms with Gasteiger partial charge >= 0.3 is 0 Å². The number of rotatable bonds is 0. The summed E-state index contributed by atoms with van der Waals surface area (Å²) in [6.45, 7) is 6.06. The minimum atomic E-state index is -0.274. The van der Waals surface area contributed by atoms with Gasteiger partial charge in [-0.25, -0.2) is 0 Å². The normalized spacial score (nSPS) is 38.0. The van der Waals surface area contributed by atoms with Crippen molar-refractivity contribution >= 4 is 0 Å². The van der Waals surface area contributed by atoms with Crippen molar-refractivity contribution in [2.45, 2.75) is 26.3 Å². The van der Waals surface area contributed by atoms with Crippen LogP contribution in [0.1, 0.15) is 20.8 Å². The molecule has 2 heteroatoms. The van der Waals surface area contributed by atoms with Crippen LogP contribution >= 0.6 is 0 Å². The van der Waals surface area contributed by atoms with Crippen LogP contribution in [0.15, 0.2) is 23.4 Å². The molecule has 0 saturated carbocycles. The summed E-state index contributed by atoms with van der Waals surface area (Å²) in [5.74, 6) is 0.243. The van der Waals surface area contributed by atoms with Crippen LogP contribution in [0.2, 0.25) is 0 Å². The predicted molar refractivity (Wildman–Crippen MR) is 47.8 cm³/mol. The zero-order chi connectivity index (χ0) is 8.65. The van der Waals surface area contributed by atoms with Crippen LogP contribution in [0.25, 0.3) is 0 Å². The highest BCUT2D eigenvalue weighted by Crippen LogP contribution is 2.27. The van der Waals surface area contributed by atoms with Crippen LogP contribution in [0, 0.1) is 5.92 Å². The van der Waals surface area contributed by atoms with Gasteiger partial charge in [0.05, 0.1) is 0 Å². The minimum Gasteiger partial charge on any atom is -0.402 e. The van der Waals surface area contributed by atoms with Gasteiger partial charge in [-0.1, -0.05) is 19.1 Å². The van der Waals surface area contributed by atoms with E-state index in [9.17, 15) is 0 Å². The summed E-state index contributed by atoms with van der Waals surface area (Å²) in [6.07, 6.45) is 4.01. The fourth-order valence-corrected chi connectivity index (χ4v) is 1.22. The summed E-state index contributed by atoms with van der Waals surface area (Å²) in [5, 5.41) is 0. The number of hydrogen-bond acceptors (Lipinski definition) is 2. The molecule has 0 heterocycles. The number of nitrogens with two attached hydrogens (primary N) is 2. The second-order valence-corrected chi connectivity index (χ2v) is 3.56. The van der Waals surface area contributed by atoms with Crippen LogP contribution in [0.3, 0.4) is 0 Å². The first-order valence-corrected chi connectivity index (χ1v) is 3.89. The number of hydrogen-bond donors (Lipinski definition) is 2. The maximum atomic E-state index is 5.97. The smallest absolute Gasteiger partial charge is 0.0394 e. The van der Waals surface area contributed by atoms with E-state index in [4.69, 9.17) is 11.5 Å². The van der Waals surface area contributed by atoms with E-state index in [0.29, 0.717) is 0 Å². The molecule has 0 aromatic rings. The Kier molecular flexibility index (Phi) is 1.80. The summed E-state index contributed by atoms with van der Waals surface area (Å²) in [4.78, 5) is 0. The molecule has 0 fully saturated rings. The highest BCUT2D eigenvalue weighted by atomic mass is 14.8. The molecule has 0 amide bonds. The first-order valence-electron chi connectivity index (χ1n) is 3.89. The Hall–Kier alpha value is -0.760. The highest BCUT2D eigenvalue weighted by Gasteiger charge is 2.28. The largest absolute Gasteiger partial charge is 0.402 e. The van der Waals surface area contributed by atoms with E-state index >= 15 is 0 Å². The highest BCUT2D eigenvalue weighted by molar-refractivity contribution is 5.33. The maximum absolute atomic E-state index is 5.97. The standard InChI is InChI=1S/C9H16N2/c1-6-4-5-9(3,11)7(2)8(6)10/h4-5,7H,10-11H2,1-3H3. The molecule has 1 aliphatic rings. The van der Waals surface area contributed by atoms with Crippen molar-refractivity contribution in [1.29, 1.82) is 0 Å². The molecule has 1 rings (SSSR count). The van der Waals surface area contributed by atoms with E-state index in [1.165, 1.54) is 0 Å². The lowest BCUT2D eigenvalue weighted by molar-refractivity contribution is 0.428. The van der Waals surface area contributed by atoms with Crippen molar-refractivity contribution in [3.05, 3.63) is 23.4 Å². The van der Waals surface area contributed by atoms with Gasteiger partial charge in [0.2, 0.25) is 0 Å². The van der Waals surface area contributed by atoms with E-state index in [2.05, 4.69) is 6.92 Å². The third-order valence-electron chi connectivity index (χ3n) is 2.55. The molecule has 1 aliphatic carbocycles. The average molecular weight is 152 g/mol. The Bertz CT molecular complexity index is 224. The molecule has 11 heavy (non-hydrogen) atoms. The first kappa shape index (κ1) is 8.34. The summed E-state index contributed by atoms with van der Waals surface area (Å²) in [5.41, 5.74) is 13.6. The van der Waals surface area contributed by atoms with Crippen LogP contribution < -0.4 is 11.5 Å². The molecule has 2 atom stereocenters. The van der Waals surface area contributed by atoms with Crippen molar-refractivity contribution in [1.82, 2.24) is 0 Å². The van der Waals surface area contributed by atoms with Gasteiger partial charge in [0, 0.05) is 17.2 Å². The molecular formula is C9H16N2. The van der Waals surface area contributed by atoms with Crippen molar-refractivity contribution < 1.29 is 0 Å². The minimum absolute atomic E-state index is 0.243. The summed E-state index contributed by atoms with van der Waals surface area (Å²) in [7, 11) is 0. The van der Waals surface area contributed by atoms with E-state index in [0.717, 1.165) is 11.3 Å². The van der Waals surface area contributed by atoms with Crippen LogP contribution in [0.5, 0.6) is 0 Å². The molecule has 0 saturated heterocycles. The van der Waals surface area contributed by atoms with Gasteiger partial charge in [-0.3, -0.25) is 0 Å². The quantitative estimate of drug-likeness (QED) is 0.547. The molecule has 0 aromatic carbocycles. The van der Waals surface area contributed by atoms with Gasteiger partial charge in [0.15, 0.2) is 0 Å². The lowest BCUT2D eigenvalue weighted by Crippen LogP contribution is -2.44. The molecule has 0 radical (unpaired) electrons. The van der Waals surface area contributed by atoms with Crippen LogP contribution in [-0.4, -0.2) is 5.54 Å². The molecule has 0 bridgehead atoms. The monoisotopic (exact) mass is 152 g/mol. The van der Waals surface area contributed by atoms with Crippen molar-refractivity contribution in [3.8, 4) is 0 Å². The zero-order valence-electron chi connectivity index (χ0n) is 7.39. The Labute approximate surface area is 68.0 Å². The summed E-state index contributed by atoms with van der Waals surface area (Å²) in [6, 6.07) is 0. The van der Waals surface area contributed by atoms with Gasteiger partial charge in [-0.05, 0) is 19.4 Å². The SMILES string of the molecule is CC1=C(N)C(C)C(C)(N)C=C1. The first-order chi connectivity index (χ1) is 4.95. The lowest BCUT2D eigenvalue weighted by atomic mass is 9.80. The summed E-state index contributed by atoms with van der Waals surface area (Å²) >= 11 is 0. The van der Waals surface area contributed by atoms with Gasteiger partial charge in [0.25, 0.3) is 0 Å². The zero-order valence-corrected chi connectivity index (χ0v) is 7.39. The Morgan fingerprint density at radius 3 is 2.55 bits per heavy atom. The molecule has 0 aromatic heterocycles. The Morgan fingerprint density at radius 1 is 1.55 bits per heavy atom. The van der Waals surface area contributed by atoms with Crippen molar-refractivity contribution in [2.24, 2.45) is 17.4 Å². The molecular weight excluding hydrogens is 136 g/mol. The maximum Gasteiger partial charge on any atom is 0.0394 e.